The second kappa shape index (κ2) is 6.95. The largest absolute Gasteiger partial charge is 0.307 e. The third kappa shape index (κ3) is 3.98. The molecule has 2 atom stereocenters. The molecule has 0 bridgehead atoms. The summed E-state index contributed by atoms with van der Waals surface area (Å²) in [5.41, 5.74) is 2.90. The predicted molar refractivity (Wildman–Crippen MR) is 98.1 cm³/mol. The Morgan fingerprint density at radius 1 is 1.29 bits per heavy atom. The fraction of sp³-hybridized carbons (Fsp3) is 0.412. The number of halogens is 2. The molecule has 21 heavy (non-hydrogen) atoms. The van der Waals surface area contributed by atoms with E-state index in [1.165, 1.54) is 34.2 Å². The number of fused-ring (bicyclic) bond motifs is 1. The molecule has 0 spiro atoms. The molecule has 0 fully saturated rings. The summed E-state index contributed by atoms with van der Waals surface area (Å²) in [4.78, 5) is 1.56. The van der Waals surface area contributed by atoms with Crippen LogP contribution in [0.25, 0.3) is 0 Å². The van der Waals surface area contributed by atoms with Crippen LogP contribution in [0.1, 0.15) is 41.8 Å². The van der Waals surface area contributed by atoms with E-state index >= 15 is 0 Å². The zero-order chi connectivity index (χ0) is 14.8. The van der Waals surface area contributed by atoms with Gasteiger partial charge in [0.15, 0.2) is 0 Å². The molecule has 0 aliphatic heterocycles. The summed E-state index contributed by atoms with van der Waals surface area (Å²) < 4.78 is 2.41. The number of nitrogens with one attached hydrogen (secondary N) is 1. The van der Waals surface area contributed by atoms with E-state index in [0.717, 1.165) is 10.9 Å². The lowest BCUT2D eigenvalue weighted by Crippen LogP contribution is -2.33. The fourth-order valence-corrected chi connectivity index (χ4v) is 5.15. The number of benzene rings is 1. The Kier molecular flexibility index (Phi) is 5.20. The van der Waals surface area contributed by atoms with Crippen LogP contribution in [0.3, 0.4) is 0 Å². The van der Waals surface area contributed by atoms with Crippen molar-refractivity contribution in [2.24, 2.45) is 0 Å². The van der Waals surface area contributed by atoms with Gasteiger partial charge in [0.1, 0.15) is 0 Å². The zero-order valence-corrected chi connectivity index (χ0v) is 16.0. The first-order chi connectivity index (χ1) is 10.1. The number of hydrogen-bond acceptors (Lipinski definition) is 2. The van der Waals surface area contributed by atoms with E-state index in [4.69, 9.17) is 0 Å². The normalized spacial score (nSPS) is 19.3. The Morgan fingerprint density at radius 3 is 2.81 bits per heavy atom. The van der Waals surface area contributed by atoms with Gasteiger partial charge in [-0.05, 0) is 77.9 Å². The highest BCUT2D eigenvalue weighted by molar-refractivity contribution is 9.11. The quantitative estimate of drug-likeness (QED) is 0.641. The highest BCUT2D eigenvalue weighted by Gasteiger charge is 2.23. The van der Waals surface area contributed by atoms with E-state index in [-0.39, 0.29) is 0 Å². The second-order valence-electron chi connectivity index (χ2n) is 5.77. The van der Waals surface area contributed by atoms with Crippen LogP contribution in [0, 0.1) is 0 Å². The molecule has 1 aromatic carbocycles. The Labute approximate surface area is 147 Å². The standard InChI is InChI=1S/C17H19Br2NS/c1-11(9-12-5-7-13(18)8-6-12)20-15-3-2-4-16-14(15)10-17(19)21-16/h5-8,10-11,15,20H,2-4,9H2,1H3. The first-order valence-corrected chi connectivity index (χ1v) is 9.80. The van der Waals surface area contributed by atoms with Crippen LogP contribution in [0.2, 0.25) is 0 Å². The Hall–Kier alpha value is -0.160. The van der Waals surface area contributed by atoms with Gasteiger partial charge in [0.2, 0.25) is 0 Å². The number of rotatable bonds is 4. The molecular weight excluding hydrogens is 410 g/mol. The third-order valence-corrected chi connectivity index (χ3v) is 6.27. The summed E-state index contributed by atoms with van der Waals surface area (Å²) in [6, 6.07) is 12.0. The minimum absolute atomic E-state index is 0.487. The molecule has 1 nitrogen and oxygen atoms in total. The van der Waals surface area contributed by atoms with Crippen molar-refractivity contribution >= 4 is 43.2 Å². The van der Waals surface area contributed by atoms with Crippen LogP contribution >= 0.6 is 43.2 Å². The minimum Gasteiger partial charge on any atom is -0.307 e. The van der Waals surface area contributed by atoms with Crippen LogP contribution in [0.15, 0.2) is 38.6 Å². The van der Waals surface area contributed by atoms with Gasteiger partial charge in [-0.3, -0.25) is 0 Å². The van der Waals surface area contributed by atoms with E-state index in [1.807, 2.05) is 11.3 Å². The minimum atomic E-state index is 0.487. The number of hydrogen-bond donors (Lipinski definition) is 1. The van der Waals surface area contributed by atoms with Gasteiger partial charge in [-0.25, -0.2) is 0 Å². The van der Waals surface area contributed by atoms with Crippen molar-refractivity contribution < 1.29 is 0 Å². The third-order valence-electron chi connectivity index (χ3n) is 4.02. The molecule has 2 aromatic rings. The van der Waals surface area contributed by atoms with Gasteiger partial charge in [0.05, 0.1) is 3.79 Å². The van der Waals surface area contributed by atoms with Crippen LogP contribution in [0.5, 0.6) is 0 Å². The molecule has 1 N–H and O–H groups in total. The lowest BCUT2D eigenvalue weighted by Gasteiger charge is -2.27. The first kappa shape index (κ1) is 15.7. The topological polar surface area (TPSA) is 12.0 Å². The molecule has 112 valence electrons. The molecule has 0 radical (unpaired) electrons. The molecule has 1 aromatic heterocycles. The number of thiophene rings is 1. The molecule has 0 saturated heterocycles. The van der Waals surface area contributed by atoms with Crippen LogP contribution in [-0.2, 0) is 12.8 Å². The molecule has 3 rings (SSSR count). The molecule has 0 amide bonds. The van der Waals surface area contributed by atoms with E-state index < -0.39 is 0 Å². The van der Waals surface area contributed by atoms with Gasteiger partial charge in [0.25, 0.3) is 0 Å². The van der Waals surface area contributed by atoms with E-state index in [2.05, 4.69) is 74.4 Å². The highest BCUT2D eigenvalue weighted by atomic mass is 79.9. The Morgan fingerprint density at radius 2 is 2.05 bits per heavy atom. The monoisotopic (exact) mass is 427 g/mol. The van der Waals surface area contributed by atoms with Crippen molar-refractivity contribution in [2.75, 3.05) is 0 Å². The smallest absolute Gasteiger partial charge is 0.0704 e. The van der Waals surface area contributed by atoms with Crippen LogP contribution in [-0.4, -0.2) is 6.04 Å². The molecule has 0 saturated carbocycles. The average Bonchev–Trinajstić information content (AvgIpc) is 2.83. The Bertz CT molecular complexity index is 606. The summed E-state index contributed by atoms with van der Waals surface area (Å²) in [7, 11) is 0. The summed E-state index contributed by atoms with van der Waals surface area (Å²) in [5, 5.41) is 3.83. The fourth-order valence-electron chi connectivity index (χ4n) is 3.07. The lowest BCUT2D eigenvalue weighted by atomic mass is 9.93. The van der Waals surface area contributed by atoms with E-state index in [9.17, 15) is 0 Å². The summed E-state index contributed by atoms with van der Waals surface area (Å²) in [5.74, 6) is 0. The SMILES string of the molecule is CC(Cc1ccc(Br)cc1)NC1CCCc2sc(Br)cc21. The molecule has 4 heteroatoms. The van der Waals surface area contributed by atoms with Crippen molar-refractivity contribution in [1.82, 2.24) is 5.32 Å². The van der Waals surface area contributed by atoms with Gasteiger partial charge in [-0.15, -0.1) is 11.3 Å². The van der Waals surface area contributed by atoms with Gasteiger partial charge in [0, 0.05) is 21.4 Å². The zero-order valence-electron chi connectivity index (χ0n) is 12.0. The highest BCUT2D eigenvalue weighted by Crippen LogP contribution is 2.38. The van der Waals surface area contributed by atoms with Gasteiger partial charge in [-0.1, -0.05) is 28.1 Å². The maximum atomic E-state index is 3.83. The molecule has 1 aliphatic carbocycles. The first-order valence-electron chi connectivity index (χ1n) is 7.40. The maximum absolute atomic E-state index is 3.83. The van der Waals surface area contributed by atoms with Gasteiger partial charge in [-0.2, -0.15) is 0 Å². The predicted octanol–water partition coefficient (Wildman–Crippen LogP) is 5.87. The molecule has 1 aliphatic rings. The molecule has 2 unspecified atom stereocenters. The van der Waals surface area contributed by atoms with Crippen LogP contribution < -0.4 is 5.32 Å². The van der Waals surface area contributed by atoms with Crippen molar-refractivity contribution in [1.29, 1.82) is 0 Å². The summed E-state index contributed by atoms with van der Waals surface area (Å²) >= 11 is 9.02. The van der Waals surface area contributed by atoms with Gasteiger partial charge >= 0.3 is 0 Å². The summed E-state index contributed by atoms with van der Waals surface area (Å²) in [6.45, 7) is 2.29. The second-order valence-corrected chi connectivity index (χ2v) is 9.20. The van der Waals surface area contributed by atoms with E-state index in [0.29, 0.717) is 12.1 Å². The van der Waals surface area contributed by atoms with E-state index in [1.54, 1.807) is 4.88 Å². The van der Waals surface area contributed by atoms with Crippen LogP contribution in [0.4, 0.5) is 0 Å². The van der Waals surface area contributed by atoms with Crippen molar-refractivity contribution in [3.05, 3.63) is 54.6 Å². The summed E-state index contributed by atoms with van der Waals surface area (Å²) in [6.07, 6.45) is 4.86. The maximum Gasteiger partial charge on any atom is 0.0704 e. The Balaban J connectivity index is 1.65. The lowest BCUT2D eigenvalue weighted by molar-refractivity contribution is 0.409. The van der Waals surface area contributed by atoms with Gasteiger partial charge < -0.3 is 5.32 Å². The molecule has 1 heterocycles. The van der Waals surface area contributed by atoms with Crippen molar-refractivity contribution in [3.63, 3.8) is 0 Å². The van der Waals surface area contributed by atoms with Crippen molar-refractivity contribution in [2.45, 2.75) is 44.7 Å². The average molecular weight is 429 g/mol. The molecular formula is C17H19Br2NS. The number of aryl methyl sites for hydroxylation is 1. The van der Waals surface area contributed by atoms with Crippen molar-refractivity contribution in [3.8, 4) is 0 Å².